The SMILES string of the molecule is Cc1ccc(C(=O)Nc2cccc(-c3csc(-c4ccncc4)n3)c2)o1. The fourth-order valence-electron chi connectivity index (χ4n) is 2.54. The molecule has 0 aliphatic rings. The van der Waals surface area contributed by atoms with Crippen LogP contribution in [0.3, 0.4) is 0 Å². The second kappa shape index (κ2) is 6.93. The van der Waals surface area contributed by atoms with Gasteiger partial charge < -0.3 is 9.73 Å². The molecule has 0 aliphatic carbocycles. The van der Waals surface area contributed by atoms with Crippen molar-refractivity contribution in [3.05, 3.63) is 77.8 Å². The van der Waals surface area contributed by atoms with Crippen LogP contribution in [0.25, 0.3) is 21.8 Å². The molecule has 0 aliphatic heterocycles. The van der Waals surface area contributed by atoms with Gasteiger partial charge in [0.25, 0.3) is 5.91 Å². The van der Waals surface area contributed by atoms with Gasteiger partial charge in [0, 0.05) is 34.6 Å². The summed E-state index contributed by atoms with van der Waals surface area (Å²) in [5, 5.41) is 5.79. The van der Waals surface area contributed by atoms with E-state index in [2.05, 4.69) is 10.3 Å². The third kappa shape index (κ3) is 3.41. The summed E-state index contributed by atoms with van der Waals surface area (Å²) in [7, 11) is 0. The summed E-state index contributed by atoms with van der Waals surface area (Å²) in [5.41, 5.74) is 3.54. The molecule has 0 unspecified atom stereocenters. The van der Waals surface area contributed by atoms with Gasteiger partial charge in [-0.2, -0.15) is 0 Å². The number of rotatable bonds is 4. The molecular weight excluding hydrogens is 346 g/mol. The van der Waals surface area contributed by atoms with Crippen LogP contribution >= 0.6 is 11.3 Å². The average molecular weight is 361 g/mol. The van der Waals surface area contributed by atoms with Crippen LogP contribution in [0.1, 0.15) is 16.3 Å². The first kappa shape index (κ1) is 16.2. The lowest BCUT2D eigenvalue weighted by Crippen LogP contribution is -2.10. The second-order valence-electron chi connectivity index (χ2n) is 5.72. The summed E-state index contributed by atoms with van der Waals surface area (Å²) in [6, 6.07) is 14.9. The summed E-state index contributed by atoms with van der Waals surface area (Å²) in [6.07, 6.45) is 3.51. The zero-order valence-electron chi connectivity index (χ0n) is 14.0. The lowest BCUT2D eigenvalue weighted by Gasteiger charge is -2.05. The standard InChI is InChI=1S/C20H15N3O2S/c1-13-5-6-18(25-13)19(24)22-16-4-2-3-15(11-16)17-12-26-20(23-17)14-7-9-21-10-8-14/h2-12H,1H3,(H,22,24). The van der Waals surface area contributed by atoms with Crippen LogP contribution in [0.4, 0.5) is 5.69 Å². The average Bonchev–Trinajstić information content (AvgIpc) is 3.32. The van der Waals surface area contributed by atoms with Crippen LogP contribution in [0.15, 0.2) is 70.7 Å². The number of benzene rings is 1. The first-order valence-electron chi connectivity index (χ1n) is 8.03. The third-order valence-corrected chi connectivity index (χ3v) is 4.70. The van der Waals surface area contributed by atoms with E-state index < -0.39 is 0 Å². The molecule has 0 saturated heterocycles. The number of carbonyl (C=O) groups excluding carboxylic acids is 1. The smallest absolute Gasteiger partial charge is 0.291 e. The van der Waals surface area contributed by atoms with Crippen LogP contribution in [-0.2, 0) is 0 Å². The maximum atomic E-state index is 12.2. The summed E-state index contributed by atoms with van der Waals surface area (Å²) < 4.78 is 5.36. The number of pyridine rings is 1. The topological polar surface area (TPSA) is 68.0 Å². The number of hydrogen-bond donors (Lipinski definition) is 1. The number of furan rings is 1. The Balaban J connectivity index is 1.56. The van der Waals surface area contributed by atoms with E-state index in [9.17, 15) is 4.79 Å². The number of aryl methyl sites for hydroxylation is 1. The Hall–Kier alpha value is -3.25. The molecule has 3 heterocycles. The normalized spacial score (nSPS) is 10.7. The predicted molar refractivity (Wildman–Crippen MR) is 102 cm³/mol. The zero-order valence-corrected chi connectivity index (χ0v) is 14.8. The highest BCUT2D eigenvalue weighted by Crippen LogP contribution is 2.29. The van der Waals surface area contributed by atoms with Crippen molar-refractivity contribution in [3.8, 4) is 21.8 Å². The van der Waals surface area contributed by atoms with Crippen LogP contribution in [0.5, 0.6) is 0 Å². The first-order valence-corrected chi connectivity index (χ1v) is 8.91. The number of aromatic nitrogens is 2. The van der Waals surface area contributed by atoms with Gasteiger partial charge in [0.05, 0.1) is 5.69 Å². The Morgan fingerprint density at radius 1 is 1.08 bits per heavy atom. The Labute approximate surface area is 154 Å². The molecule has 5 nitrogen and oxygen atoms in total. The molecule has 1 aromatic carbocycles. The van der Waals surface area contributed by atoms with E-state index in [0.717, 1.165) is 21.8 Å². The molecule has 128 valence electrons. The van der Waals surface area contributed by atoms with E-state index in [0.29, 0.717) is 17.2 Å². The highest BCUT2D eigenvalue weighted by atomic mass is 32.1. The minimum absolute atomic E-state index is 0.272. The predicted octanol–water partition coefficient (Wildman–Crippen LogP) is 5.03. The highest BCUT2D eigenvalue weighted by molar-refractivity contribution is 7.13. The highest BCUT2D eigenvalue weighted by Gasteiger charge is 2.12. The van der Waals surface area contributed by atoms with Crippen LogP contribution in [0, 0.1) is 6.92 Å². The van der Waals surface area contributed by atoms with Crippen molar-refractivity contribution in [1.29, 1.82) is 0 Å². The van der Waals surface area contributed by atoms with Gasteiger partial charge >= 0.3 is 0 Å². The van der Waals surface area contributed by atoms with Gasteiger partial charge in [-0.3, -0.25) is 9.78 Å². The molecule has 26 heavy (non-hydrogen) atoms. The molecule has 6 heteroatoms. The fraction of sp³-hybridized carbons (Fsp3) is 0.0500. The van der Waals surface area contributed by atoms with E-state index in [1.54, 1.807) is 42.8 Å². The first-order chi connectivity index (χ1) is 12.7. The van der Waals surface area contributed by atoms with Crippen molar-refractivity contribution < 1.29 is 9.21 Å². The molecule has 0 spiro atoms. The largest absolute Gasteiger partial charge is 0.456 e. The van der Waals surface area contributed by atoms with Crippen LogP contribution in [-0.4, -0.2) is 15.9 Å². The lowest BCUT2D eigenvalue weighted by molar-refractivity contribution is 0.0995. The van der Waals surface area contributed by atoms with Crippen molar-refractivity contribution in [2.24, 2.45) is 0 Å². The van der Waals surface area contributed by atoms with Gasteiger partial charge in [-0.15, -0.1) is 11.3 Å². The maximum absolute atomic E-state index is 12.2. The Morgan fingerprint density at radius 3 is 2.69 bits per heavy atom. The summed E-state index contributed by atoms with van der Waals surface area (Å²) >= 11 is 1.58. The lowest BCUT2D eigenvalue weighted by atomic mass is 10.1. The number of nitrogens with one attached hydrogen (secondary N) is 1. The summed E-state index contributed by atoms with van der Waals surface area (Å²) in [6.45, 7) is 1.81. The number of amides is 1. The van der Waals surface area contributed by atoms with Crippen LogP contribution < -0.4 is 5.32 Å². The number of carbonyl (C=O) groups is 1. The van der Waals surface area contributed by atoms with Gasteiger partial charge in [0.15, 0.2) is 5.76 Å². The molecule has 1 amide bonds. The Morgan fingerprint density at radius 2 is 1.92 bits per heavy atom. The third-order valence-electron chi connectivity index (χ3n) is 3.81. The van der Waals surface area contributed by atoms with Gasteiger partial charge in [0.2, 0.25) is 0 Å². The van der Waals surface area contributed by atoms with Crippen molar-refractivity contribution in [3.63, 3.8) is 0 Å². The Bertz CT molecular complexity index is 1050. The number of thiazole rings is 1. The quantitative estimate of drug-likeness (QED) is 0.554. The molecular formula is C20H15N3O2S. The van der Waals surface area contributed by atoms with E-state index in [4.69, 9.17) is 9.40 Å². The number of hydrogen-bond acceptors (Lipinski definition) is 5. The minimum atomic E-state index is -0.272. The molecule has 4 aromatic rings. The molecule has 0 atom stereocenters. The minimum Gasteiger partial charge on any atom is -0.456 e. The summed E-state index contributed by atoms with van der Waals surface area (Å²) in [5.74, 6) is 0.725. The molecule has 3 aromatic heterocycles. The van der Waals surface area contributed by atoms with Crippen molar-refractivity contribution in [1.82, 2.24) is 9.97 Å². The van der Waals surface area contributed by atoms with E-state index >= 15 is 0 Å². The van der Waals surface area contributed by atoms with Crippen molar-refractivity contribution >= 4 is 22.9 Å². The molecule has 0 saturated carbocycles. The second-order valence-corrected chi connectivity index (χ2v) is 6.58. The Kier molecular flexibility index (Phi) is 4.33. The molecule has 4 rings (SSSR count). The fourth-order valence-corrected chi connectivity index (χ4v) is 3.37. The van der Waals surface area contributed by atoms with E-state index in [1.165, 1.54) is 0 Å². The van der Waals surface area contributed by atoms with Gasteiger partial charge in [-0.1, -0.05) is 12.1 Å². The monoisotopic (exact) mass is 361 g/mol. The zero-order chi connectivity index (χ0) is 17.9. The van der Waals surface area contributed by atoms with Gasteiger partial charge in [-0.25, -0.2) is 4.98 Å². The van der Waals surface area contributed by atoms with E-state index in [-0.39, 0.29) is 5.91 Å². The van der Waals surface area contributed by atoms with Crippen molar-refractivity contribution in [2.75, 3.05) is 5.32 Å². The molecule has 0 fully saturated rings. The molecule has 0 bridgehead atoms. The van der Waals surface area contributed by atoms with Gasteiger partial charge in [0.1, 0.15) is 10.8 Å². The molecule has 1 N–H and O–H groups in total. The maximum Gasteiger partial charge on any atom is 0.291 e. The van der Waals surface area contributed by atoms with Crippen LogP contribution in [0.2, 0.25) is 0 Å². The van der Waals surface area contributed by atoms with Gasteiger partial charge in [-0.05, 0) is 43.3 Å². The number of nitrogens with zero attached hydrogens (tertiary/aromatic N) is 2. The number of anilines is 1. The molecule has 0 radical (unpaired) electrons. The summed E-state index contributed by atoms with van der Waals surface area (Å²) in [4.78, 5) is 21.0. The van der Waals surface area contributed by atoms with Crippen molar-refractivity contribution in [2.45, 2.75) is 6.92 Å². The van der Waals surface area contributed by atoms with E-state index in [1.807, 2.05) is 41.8 Å².